The van der Waals surface area contributed by atoms with Crippen LogP contribution in [-0.2, 0) is 4.79 Å². The van der Waals surface area contributed by atoms with Crippen molar-refractivity contribution >= 4 is 5.91 Å². The maximum absolute atomic E-state index is 11.6. The van der Waals surface area contributed by atoms with Gasteiger partial charge in [-0.05, 0) is 19.4 Å². The summed E-state index contributed by atoms with van der Waals surface area (Å²) in [4.78, 5) is 15.6. The Labute approximate surface area is 92.4 Å². The van der Waals surface area contributed by atoms with Crippen molar-refractivity contribution < 1.29 is 4.79 Å². The first-order chi connectivity index (χ1) is 7.10. The normalized spacial score (nSPS) is 17.9. The van der Waals surface area contributed by atoms with Gasteiger partial charge in [0.05, 0.1) is 0 Å². The van der Waals surface area contributed by atoms with Gasteiger partial charge in [-0.15, -0.1) is 0 Å². The second kappa shape index (κ2) is 5.47. The van der Waals surface area contributed by atoms with E-state index in [1.165, 1.54) is 12.8 Å². The highest BCUT2D eigenvalue weighted by atomic mass is 16.2. The lowest BCUT2D eigenvalue weighted by Crippen LogP contribution is -2.44. The average molecular weight is 213 g/mol. The van der Waals surface area contributed by atoms with Gasteiger partial charge in [-0.3, -0.25) is 9.69 Å². The van der Waals surface area contributed by atoms with E-state index in [0.29, 0.717) is 19.0 Å². The zero-order valence-corrected chi connectivity index (χ0v) is 10.1. The molecule has 0 saturated heterocycles. The smallest absolute Gasteiger partial charge is 0.223 e. The fourth-order valence-electron chi connectivity index (χ4n) is 1.94. The quantitative estimate of drug-likeness (QED) is 0.689. The second-order valence-corrected chi connectivity index (χ2v) is 4.44. The minimum absolute atomic E-state index is 0.171. The molecule has 15 heavy (non-hydrogen) atoms. The van der Waals surface area contributed by atoms with Gasteiger partial charge < -0.3 is 10.6 Å². The Kier molecular flexibility index (Phi) is 4.54. The molecule has 4 nitrogen and oxygen atoms in total. The highest BCUT2D eigenvalue weighted by molar-refractivity contribution is 5.76. The zero-order chi connectivity index (χ0) is 11.4. The molecule has 2 N–H and O–H groups in total. The fourth-order valence-corrected chi connectivity index (χ4v) is 1.94. The van der Waals surface area contributed by atoms with Gasteiger partial charge in [0.2, 0.25) is 5.91 Å². The van der Waals surface area contributed by atoms with Crippen LogP contribution in [0.15, 0.2) is 0 Å². The minimum atomic E-state index is 0.171. The molecule has 0 aliphatic heterocycles. The van der Waals surface area contributed by atoms with Crippen LogP contribution in [0.5, 0.6) is 0 Å². The SMILES string of the molecule is CCN(C1CC1)C(CN)CC(=O)N(C)C. The summed E-state index contributed by atoms with van der Waals surface area (Å²) >= 11 is 0. The third-order valence-corrected chi connectivity index (χ3v) is 3.03. The highest BCUT2D eigenvalue weighted by Crippen LogP contribution is 2.28. The topological polar surface area (TPSA) is 49.6 Å². The largest absolute Gasteiger partial charge is 0.349 e. The van der Waals surface area contributed by atoms with E-state index in [-0.39, 0.29) is 11.9 Å². The lowest BCUT2D eigenvalue weighted by atomic mass is 10.1. The van der Waals surface area contributed by atoms with Crippen molar-refractivity contribution in [3.8, 4) is 0 Å². The Morgan fingerprint density at radius 2 is 2.07 bits per heavy atom. The summed E-state index contributed by atoms with van der Waals surface area (Å²) < 4.78 is 0. The molecule has 1 aliphatic carbocycles. The van der Waals surface area contributed by atoms with Crippen LogP contribution in [0.4, 0.5) is 0 Å². The van der Waals surface area contributed by atoms with E-state index in [2.05, 4.69) is 11.8 Å². The molecular weight excluding hydrogens is 190 g/mol. The third kappa shape index (κ3) is 3.47. The Hall–Kier alpha value is -0.610. The van der Waals surface area contributed by atoms with Gasteiger partial charge in [-0.2, -0.15) is 0 Å². The molecule has 0 spiro atoms. The van der Waals surface area contributed by atoms with Gasteiger partial charge in [0.15, 0.2) is 0 Å². The number of carbonyl (C=O) groups excluding carboxylic acids is 1. The lowest BCUT2D eigenvalue weighted by molar-refractivity contribution is -0.130. The zero-order valence-electron chi connectivity index (χ0n) is 10.1. The number of likely N-dealkylation sites (N-methyl/N-ethyl adjacent to an activating group) is 1. The Balaban J connectivity index is 2.49. The van der Waals surface area contributed by atoms with Crippen molar-refractivity contribution in [3.63, 3.8) is 0 Å². The monoisotopic (exact) mass is 213 g/mol. The van der Waals surface area contributed by atoms with Crippen molar-refractivity contribution in [2.24, 2.45) is 5.73 Å². The summed E-state index contributed by atoms with van der Waals surface area (Å²) in [5, 5.41) is 0. The molecule has 0 aromatic heterocycles. The van der Waals surface area contributed by atoms with E-state index in [0.717, 1.165) is 6.54 Å². The molecule has 0 aromatic rings. The van der Waals surface area contributed by atoms with Crippen molar-refractivity contribution in [1.82, 2.24) is 9.80 Å². The fraction of sp³-hybridized carbons (Fsp3) is 0.909. The third-order valence-electron chi connectivity index (χ3n) is 3.03. The molecule has 0 heterocycles. The molecule has 0 radical (unpaired) electrons. The number of amides is 1. The first-order valence-corrected chi connectivity index (χ1v) is 5.76. The van der Waals surface area contributed by atoms with Gasteiger partial charge in [-0.1, -0.05) is 6.92 Å². The van der Waals surface area contributed by atoms with E-state index >= 15 is 0 Å². The minimum Gasteiger partial charge on any atom is -0.349 e. The van der Waals surface area contributed by atoms with E-state index in [4.69, 9.17) is 5.73 Å². The standard InChI is InChI=1S/C11H23N3O/c1-4-14(9-5-6-9)10(8-12)7-11(15)13(2)3/h9-10H,4-8,12H2,1-3H3. The molecular formula is C11H23N3O. The number of rotatable bonds is 6. The van der Waals surface area contributed by atoms with Crippen LogP contribution >= 0.6 is 0 Å². The predicted octanol–water partition coefficient (Wildman–Crippen LogP) is 0.276. The number of nitrogens with two attached hydrogens (primary N) is 1. The van der Waals surface area contributed by atoms with Gasteiger partial charge in [0, 0.05) is 39.1 Å². The summed E-state index contributed by atoms with van der Waals surface area (Å²) in [6.45, 7) is 3.71. The molecule has 88 valence electrons. The van der Waals surface area contributed by atoms with E-state index in [9.17, 15) is 4.79 Å². The van der Waals surface area contributed by atoms with Crippen molar-refractivity contribution in [2.45, 2.75) is 38.3 Å². The Morgan fingerprint density at radius 1 is 1.47 bits per heavy atom. The molecule has 1 saturated carbocycles. The molecule has 1 rings (SSSR count). The Morgan fingerprint density at radius 3 is 2.40 bits per heavy atom. The Bertz CT molecular complexity index is 214. The van der Waals surface area contributed by atoms with Crippen LogP contribution < -0.4 is 5.73 Å². The average Bonchev–Trinajstić information content (AvgIpc) is 3.01. The number of carbonyl (C=O) groups is 1. The van der Waals surface area contributed by atoms with Crippen LogP contribution in [0.25, 0.3) is 0 Å². The first-order valence-electron chi connectivity index (χ1n) is 5.76. The van der Waals surface area contributed by atoms with Crippen LogP contribution in [0, 0.1) is 0 Å². The molecule has 0 aromatic carbocycles. The molecule has 1 aliphatic rings. The van der Waals surface area contributed by atoms with Crippen molar-refractivity contribution in [1.29, 1.82) is 0 Å². The number of nitrogens with zero attached hydrogens (tertiary/aromatic N) is 2. The maximum Gasteiger partial charge on any atom is 0.223 e. The molecule has 4 heteroatoms. The van der Waals surface area contributed by atoms with Gasteiger partial charge in [0.25, 0.3) is 0 Å². The summed E-state index contributed by atoms with van der Waals surface area (Å²) in [7, 11) is 3.59. The predicted molar refractivity (Wildman–Crippen MR) is 61.6 cm³/mol. The molecule has 1 atom stereocenters. The number of hydrogen-bond donors (Lipinski definition) is 1. The van der Waals surface area contributed by atoms with E-state index in [1.54, 1.807) is 19.0 Å². The molecule has 0 bridgehead atoms. The second-order valence-electron chi connectivity index (χ2n) is 4.44. The van der Waals surface area contributed by atoms with Crippen LogP contribution in [0.3, 0.4) is 0 Å². The first kappa shape index (κ1) is 12.5. The van der Waals surface area contributed by atoms with Crippen LogP contribution in [-0.4, -0.2) is 55.0 Å². The van der Waals surface area contributed by atoms with Gasteiger partial charge >= 0.3 is 0 Å². The molecule has 1 fully saturated rings. The van der Waals surface area contributed by atoms with E-state index < -0.39 is 0 Å². The molecule has 1 amide bonds. The van der Waals surface area contributed by atoms with Gasteiger partial charge in [0.1, 0.15) is 0 Å². The van der Waals surface area contributed by atoms with Crippen molar-refractivity contribution in [3.05, 3.63) is 0 Å². The number of hydrogen-bond acceptors (Lipinski definition) is 3. The summed E-state index contributed by atoms with van der Waals surface area (Å²) in [6, 6.07) is 0.899. The molecule has 1 unspecified atom stereocenters. The van der Waals surface area contributed by atoms with Crippen LogP contribution in [0.2, 0.25) is 0 Å². The summed E-state index contributed by atoms with van der Waals surface area (Å²) in [5.74, 6) is 0.171. The van der Waals surface area contributed by atoms with Crippen molar-refractivity contribution in [2.75, 3.05) is 27.2 Å². The maximum atomic E-state index is 11.6. The van der Waals surface area contributed by atoms with Crippen LogP contribution in [0.1, 0.15) is 26.2 Å². The highest BCUT2D eigenvalue weighted by Gasteiger charge is 2.33. The summed E-state index contributed by atoms with van der Waals surface area (Å²) in [5.41, 5.74) is 5.75. The lowest BCUT2D eigenvalue weighted by Gasteiger charge is -2.30. The summed E-state index contributed by atoms with van der Waals surface area (Å²) in [6.07, 6.45) is 3.08. The van der Waals surface area contributed by atoms with E-state index in [1.807, 2.05) is 0 Å². The van der Waals surface area contributed by atoms with Gasteiger partial charge in [-0.25, -0.2) is 0 Å².